The Bertz CT molecular complexity index is 496. The van der Waals surface area contributed by atoms with E-state index >= 15 is 0 Å². The summed E-state index contributed by atoms with van der Waals surface area (Å²) in [5, 5.41) is 2.87. The summed E-state index contributed by atoms with van der Waals surface area (Å²) in [6.45, 7) is 2.08. The lowest BCUT2D eigenvalue weighted by molar-refractivity contribution is -0.130. The summed E-state index contributed by atoms with van der Waals surface area (Å²) in [7, 11) is 3.37. The van der Waals surface area contributed by atoms with Crippen LogP contribution >= 0.6 is 0 Å². The first-order chi connectivity index (χ1) is 9.47. The molecule has 0 saturated heterocycles. The van der Waals surface area contributed by atoms with Crippen LogP contribution < -0.4 is 10.1 Å². The zero-order valence-corrected chi connectivity index (χ0v) is 12.1. The van der Waals surface area contributed by atoms with Crippen LogP contribution in [0.2, 0.25) is 0 Å². The van der Waals surface area contributed by atoms with Crippen LogP contribution in [0.3, 0.4) is 0 Å². The van der Waals surface area contributed by atoms with Crippen molar-refractivity contribution < 1.29 is 14.3 Å². The summed E-state index contributed by atoms with van der Waals surface area (Å²) in [6.07, 6.45) is 0.972. The van der Waals surface area contributed by atoms with Gasteiger partial charge in [-0.3, -0.25) is 9.59 Å². The quantitative estimate of drug-likeness (QED) is 0.891. The smallest absolute Gasteiger partial charge is 0.259 e. The van der Waals surface area contributed by atoms with Crippen LogP contribution in [-0.2, 0) is 9.59 Å². The second kappa shape index (κ2) is 5.94. The predicted octanol–water partition coefficient (Wildman–Crippen LogP) is 1.75. The van der Waals surface area contributed by atoms with E-state index in [1.807, 2.05) is 0 Å². The molecule has 0 bridgehead atoms. The largest absolute Gasteiger partial charge is 0.484 e. The van der Waals surface area contributed by atoms with Crippen molar-refractivity contribution in [1.29, 1.82) is 0 Å². The molecule has 2 rings (SSSR count). The number of hydrogen-bond donors (Lipinski definition) is 1. The van der Waals surface area contributed by atoms with Gasteiger partial charge < -0.3 is 15.0 Å². The number of ether oxygens (including phenoxy) is 1. The van der Waals surface area contributed by atoms with Gasteiger partial charge >= 0.3 is 0 Å². The molecular formula is C15H20N2O3. The molecule has 5 heteroatoms. The SMILES string of the molecule is CC1CC1C(=O)Nc1ccc(OCC(=O)N(C)C)cc1. The van der Waals surface area contributed by atoms with Gasteiger partial charge in [0.2, 0.25) is 5.91 Å². The van der Waals surface area contributed by atoms with E-state index in [0.717, 1.165) is 12.1 Å². The maximum Gasteiger partial charge on any atom is 0.259 e. The Balaban J connectivity index is 1.83. The Kier molecular flexibility index (Phi) is 4.27. The van der Waals surface area contributed by atoms with Crippen LogP contribution in [0, 0.1) is 11.8 Å². The van der Waals surface area contributed by atoms with Gasteiger partial charge in [0.1, 0.15) is 5.75 Å². The number of likely N-dealkylation sites (N-methyl/N-ethyl adjacent to an activating group) is 1. The fraction of sp³-hybridized carbons (Fsp3) is 0.467. The summed E-state index contributed by atoms with van der Waals surface area (Å²) >= 11 is 0. The Morgan fingerprint density at radius 1 is 1.30 bits per heavy atom. The van der Waals surface area contributed by atoms with E-state index in [2.05, 4.69) is 12.2 Å². The van der Waals surface area contributed by atoms with Gasteiger partial charge in [0.15, 0.2) is 6.61 Å². The monoisotopic (exact) mass is 276 g/mol. The zero-order valence-electron chi connectivity index (χ0n) is 12.1. The van der Waals surface area contributed by atoms with Crippen molar-refractivity contribution in [3.8, 4) is 5.75 Å². The van der Waals surface area contributed by atoms with Gasteiger partial charge in [0, 0.05) is 25.7 Å². The van der Waals surface area contributed by atoms with Gasteiger partial charge in [0.05, 0.1) is 0 Å². The lowest BCUT2D eigenvalue weighted by Gasteiger charge is -2.11. The predicted molar refractivity (Wildman–Crippen MR) is 76.5 cm³/mol. The molecule has 2 atom stereocenters. The lowest BCUT2D eigenvalue weighted by Crippen LogP contribution is -2.27. The Morgan fingerprint density at radius 2 is 1.90 bits per heavy atom. The maximum atomic E-state index is 11.8. The zero-order chi connectivity index (χ0) is 14.7. The van der Waals surface area contributed by atoms with Crippen LogP contribution in [0.4, 0.5) is 5.69 Å². The molecule has 108 valence electrons. The van der Waals surface area contributed by atoms with E-state index in [1.165, 1.54) is 4.90 Å². The first-order valence-electron chi connectivity index (χ1n) is 6.71. The minimum Gasteiger partial charge on any atom is -0.484 e. The van der Waals surface area contributed by atoms with Crippen molar-refractivity contribution in [2.45, 2.75) is 13.3 Å². The topological polar surface area (TPSA) is 58.6 Å². The highest BCUT2D eigenvalue weighted by atomic mass is 16.5. The lowest BCUT2D eigenvalue weighted by atomic mass is 10.2. The third-order valence-corrected chi connectivity index (χ3v) is 3.43. The molecule has 5 nitrogen and oxygen atoms in total. The van der Waals surface area contributed by atoms with Gasteiger partial charge in [-0.05, 0) is 36.6 Å². The number of anilines is 1. The summed E-state index contributed by atoms with van der Waals surface area (Å²) in [5.41, 5.74) is 0.750. The molecule has 1 aromatic rings. The molecule has 20 heavy (non-hydrogen) atoms. The highest BCUT2D eigenvalue weighted by Gasteiger charge is 2.38. The van der Waals surface area contributed by atoms with Crippen molar-refractivity contribution in [2.75, 3.05) is 26.0 Å². The molecule has 1 aromatic carbocycles. The Labute approximate surface area is 118 Å². The molecule has 0 aromatic heterocycles. The average molecular weight is 276 g/mol. The van der Waals surface area contributed by atoms with Gasteiger partial charge in [-0.2, -0.15) is 0 Å². The van der Waals surface area contributed by atoms with E-state index in [1.54, 1.807) is 38.4 Å². The second-order valence-corrected chi connectivity index (χ2v) is 5.41. The molecule has 1 aliphatic carbocycles. The van der Waals surface area contributed by atoms with Gasteiger partial charge in [-0.1, -0.05) is 6.92 Å². The van der Waals surface area contributed by atoms with Crippen molar-refractivity contribution in [1.82, 2.24) is 4.90 Å². The number of nitrogens with one attached hydrogen (secondary N) is 1. The second-order valence-electron chi connectivity index (χ2n) is 5.41. The third-order valence-electron chi connectivity index (χ3n) is 3.43. The maximum absolute atomic E-state index is 11.8. The number of amides is 2. The minimum atomic E-state index is -0.0925. The van der Waals surface area contributed by atoms with Crippen molar-refractivity contribution >= 4 is 17.5 Å². The van der Waals surface area contributed by atoms with Crippen molar-refractivity contribution in [3.05, 3.63) is 24.3 Å². The molecule has 2 amide bonds. The van der Waals surface area contributed by atoms with E-state index in [-0.39, 0.29) is 24.3 Å². The summed E-state index contributed by atoms with van der Waals surface area (Å²) in [6, 6.07) is 7.05. The fourth-order valence-electron chi connectivity index (χ4n) is 1.83. The summed E-state index contributed by atoms with van der Waals surface area (Å²) < 4.78 is 5.36. The number of benzene rings is 1. The van der Waals surface area contributed by atoms with Gasteiger partial charge in [0.25, 0.3) is 5.91 Å². The summed E-state index contributed by atoms with van der Waals surface area (Å²) in [4.78, 5) is 24.6. The normalized spacial score (nSPS) is 20.1. The number of carbonyl (C=O) groups is 2. The molecule has 1 saturated carbocycles. The number of nitrogens with zero attached hydrogens (tertiary/aromatic N) is 1. The highest BCUT2D eigenvalue weighted by molar-refractivity contribution is 5.94. The number of rotatable bonds is 5. The van der Waals surface area contributed by atoms with Crippen LogP contribution in [0.15, 0.2) is 24.3 Å². The number of carbonyl (C=O) groups excluding carboxylic acids is 2. The average Bonchev–Trinajstić information content (AvgIpc) is 3.14. The molecule has 0 spiro atoms. The van der Waals surface area contributed by atoms with E-state index < -0.39 is 0 Å². The van der Waals surface area contributed by atoms with Crippen LogP contribution in [0.1, 0.15) is 13.3 Å². The molecule has 0 radical (unpaired) electrons. The third kappa shape index (κ3) is 3.73. The molecule has 1 fully saturated rings. The Morgan fingerprint density at radius 3 is 2.40 bits per heavy atom. The molecule has 2 unspecified atom stereocenters. The van der Waals surface area contributed by atoms with E-state index in [9.17, 15) is 9.59 Å². The minimum absolute atomic E-state index is 0.0122. The molecule has 1 N–H and O–H groups in total. The summed E-state index contributed by atoms with van der Waals surface area (Å²) in [5.74, 6) is 1.25. The highest BCUT2D eigenvalue weighted by Crippen LogP contribution is 2.38. The first kappa shape index (κ1) is 14.4. The van der Waals surface area contributed by atoms with Crippen LogP contribution in [0.25, 0.3) is 0 Å². The first-order valence-corrected chi connectivity index (χ1v) is 6.71. The van der Waals surface area contributed by atoms with Crippen LogP contribution in [0.5, 0.6) is 5.75 Å². The van der Waals surface area contributed by atoms with Crippen molar-refractivity contribution in [3.63, 3.8) is 0 Å². The standard InChI is InChI=1S/C15H20N2O3/c1-10-8-13(10)15(19)16-11-4-6-12(7-5-11)20-9-14(18)17(2)3/h4-7,10,13H,8-9H2,1-3H3,(H,16,19). The van der Waals surface area contributed by atoms with Gasteiger partial charge in [-0.25, -0.2) is 0 Å². The molecule has 1 aliphatic rings. The Hall–Kier alpha value is -2.04. The molecular weight excluding hydrogens is 256 g/mol. The van der Waals surface area contributed by atoms with E-state index in [0.29, 0.717) is 11.7 Å². The fourth-order valence-corrected chi connectivity index (χ4v) is 1.83. The number of hydrogen-bond acceptors (Lipinski definition) is 3. The molecule has 0 heterocycles. The van der Waals surface area contributed by atoms with Crippen LogP contribution in [-0.4, -0.2) is 37.4 Å². The van der Waals surface area contributed by atoms with Crippen molar-refractivity contribution in [2.24, 2.45) is 11.8 Å². The van der Waals surface area contributed by atoms with Gasteiger partial charge in [-0.15, -0.1) is 0 Å². The van der Waals surface area contributed by atoms with E-state index in [4.69, 9.17) is 4.74 Å². The molecule has 0 aliphatic heterocycles.